The molecule has 1 atom stereocenters. The Morgan fingerprint density at radius 2 is 2.12 bits per heavy atom. The van der Waals surface area contributed by atoms with Gasteiger partial charge in [-0.1, -0.05) is 37.3 Å². The molecule has 0 bridgehead atoms. The number of aromatic nitrogens is 1. The van der Waals surface area contributed by atoms with Gasteiger partial charge in [-0.2, -0.15) is 0 Å². The molecule has 4 nitrogen and oxygen atoms in total. The third-order valence-electron chi connectivity index (χ3n) is 6.11. The van der Waals surface area contributed by atoms with Crippen LogP contribution < -0.4 is 10.6 Å². The van der Waals surface area contributed by atoms with Crippen molar-refractivity contribution >= 4 is 23.0 Å². The van der Waals surface area contributed by atoms with E-state index in [1.807, 2.05) is 0 Å². The Morgan fingerprint density at radius 3 is 2.77 bits per heavy atom. The van der Waals surface area contributed by atoms with Gasteiger partial charge in [-0.3, -0.25) is 4.79 Å². The van der Waals surface area contributed by atoms with E-state index in [4.69, 9.17) is 0 Å². The minimum atomic E-state index is 0.0158. The number of carbonyl (C=O) groups is 1. The largest absolute Gasteiger partial charge is 0.353 e. The molecule has 26 heavy (non-hydrogen) atoms. The average molecular weight is 349 g/mol. The van der Waals surface area contributed by atoms with Crippen LogP contribution in [0.4, 0.5) is 5.82 Å². The van der Waals surface area contributed by atoms with Crippen LogP contribution in [0.15, 0.2) is 42.7 Å². The Labute approximate surface area is 155 Å². The van der Waals surface area contributed by atoms with E-state index in [0.29, 0.717) is 6.67 Å². The van der Waals surface area contributed by atoms with E-state index >= 15 is 0 Å². The molecule has 0 radical (unpaired) electrons. The zero-order chi connectivity index (χ0) is 18.3. The van der Waals surface area contributed by atoms with Crippen molar-refractivity contribution in [2.75, 3.05) is 12.0 Å². The molecule has 1 aromatic heterocycles. The lowest BCUT2D eigenvalue weighted by Crippen LogP contribution is -2.35. The van der Waals surface area contributed by atoms with Crippen LogP contribution in [0.2, 0.25) is 0 Å². The molecule has 2 aliphatic carbocycles. The monoisotopic (exact) mass is 349 g/mol. The maximum absolute atomic E-state index is 12.6. The van der Waals surface area contributed by atoms with Crippen molar-refractivity contribution in [3.8, 4) is 0 Å². The minimum absolute atomic E-state index is 0.0158. The van der Waals surface area contributed by atoms with Gasteiger partial charge in [-0.05, 0) is 56.1 Å². The minimum Gasteiger partial charge on any atom is -0.353 e. The van der Waals surface area contributed by atoms with Gasteiger partial charge in [0.1, 0.15) is 5.82 Å². The first-order valence-electron chi connectivity index (χ1n) is 9.49. The molecule has 1 aromatic rings. The van der Waals surface area contributed by atoms with Crippen molar-refractivity contribution in [1.29, 1.82) is 0 Å². The first kappa shape index (κ1) is 17.0. The van der Waals surface area contributed by atoms with Crippen molar-refractivity contribution in [1.82, 2.24) is 9.88 Å². The van der Waals surface area contributed by atoms with E-state index in [2.05, 4.69) is 66.1 Å². The molecule has 1 aliphatic heterocycles. The van der Waals surface area contributed by atoms with Crippen molar-refractivity contribution in [3.05, 3.63) is 53.8 Å². The summed E-state index contributed by atoms with van der Waals surface area (Å²) >= 11 is 0. The Kier molecular flexibility index (Phi) is 4.14. The number of fused-ring (bicyclic) bond motifs is 1. The highest BCUT2D eigenvalue weighted by Crippen LogP contribution is 2.45. The molecule has 136 valence electrons. The first-order valence-corrected chi connectivity index (χ1v) is 9.49. The SMILES string of the molecule is C=C(C)C1(C)CC=C(c2cn(C3=CCCC=C3)c3c2C(=O)NCN3)CC1. The fraction of sp³-hybridized carbons (Fsp3) is 0.409. The van der Waals surface area contributed by atoms with Crippen LogP contribution in [0.3, 0.4) is 0 Å². The molecule has 0 spiro atoms. The summed E-state index contributed by atoms with van der Waals surface area (Å²) < 4.78 is 2.15. The van der Waals surface area contributed by atoms with Gasteiger partial charge in [-0.25, -0.2) is 0 Å². The zero-order valence-electron chi connectivity index (χ0n) is 15.7. The van der Waals surface area contributed by atoms with E-state index in [1.165, 1.54) is 11.1 Å². The van der Waals surface area contributed by atoms with E-state index < -0.39 is 0 Å². The Bertz CT molecular complexity index is 868. The highest BCUT2D eigenvalue weighted by Gasteiger charge is 2.32. The van der Waals surface area contributed by atoms with E-state index in [0.717, 1.165) is 54.7 Å². The van der Waals surface area contributed by atoms with Gasteiger partial charge in [-0.15, -0.1) is 0 Å². The number of nitrogens with one attached hydrogen (secondary N) is 2. The summed E-state index contributed by atoms with van der Waals surface area (Å²) in [6, 6.07) is 0. The predicted molar refractivity (Wildman–Crippen MR) is 108 cm³/mol. The predicted octanol–water partition coefficient (Wildman–Crippen LogP) is 4.94. The summed E-state index contributed by atoms with van der Waals surface area (Å²) in [7, 11) is 0. The second-order valence-corrected chi connectivity index (χ2v) is 7.88. The molecule has 0 saturated carbocycles. The molecule has 3 aliphatic rings. The highest BCUT2D eigenvalue weighted by molar-refractivity contribution is 6.06. The van der Waals surface area contributed by atoms with Gasteiger partial charge in [0.25, 0.3) is 5.91 Å². The average Bonchev–Trinajstić information content (AvgIpc) is 3.04. The number of allylic oxidation sites excluding steroid dienone is 7. The Balaban J connectivity index is 1.78. The normalized spacial score (nSPS) is 24.9. The number of anilines is 1. The highest BCUT2D eigenvalue weighted by atomic mass is 16.2. The van der Waals surface area contributed by atoms with Crippen LogP contribution >= 0.6 is 0 Å². The fourth-order valence-corrected chi connectivity index (χ4v) is 4.03. The first-order chi connectivity index (χ1) is 12.5. The molecule has 1 unspecified atom stereocenters. The summed E-state index contributed by atoms with van der Waals surface area (Å²) in [6.07, 6.45) is 16.2. The van der Waals surface area contributed by atoms with Crippen LogP contribution in [0, 0.1) is 5.41 Å². The summed E-state index contributed by atoms with van der Waals surface area (Å²) in [6.45, 7) is 9.05. The van der Waals surface area contributed by atoms with Crippen molar-refractivity contribution < 1.29 is 4.79 Å². The zero-order valence-corrected chi connectivity index (χ0v) is 15.7. The van der Waals surface area contributed by atoms with Gasteiger partial charge in [0, 0.05) is 17.5 Å². The lowest BCUT2D eigenvalue weighted by Gasteiger charge is -2.33. The summed E-state index contributed by atoms with van der Waals surface area (Å²) in [5.41, 5.74) is 5.67. The van der Waals surface area contributed by atoms with Crippen LogP contribution in [-0.2, 0) is 0 Å². The van der Waals surface area contributed by atoms with Gasteiger partial charge in [0.15, 0.2) is 0 Å². The van der Waals surface area contributed by atoms with Crippen LogP contribution in [-0.4, -0.2) is 17.1 Å². The quantitative estimate of drug-likeness (QED) is 0.759. The van der Waals surface area contributed by atoms with Gasteiger partial charge < -0.3 is 15.2 Å². The molecule has 1 amide bonds. The van der Waals surface area contributed by atoms with E-state index in [1.54, 1.807) is 0 Å². The molecule has 0 saturated heterocycles. The molecule has 4 heteroatoms. The maximum Gasteiger partial charge on any atom is 0.257 e. The topological polar surface area (TPSA) is 46.1 Å². The molecular weight excluding hydrogens is 322 g/mol. The van der Waals surface area contributed by atoms with Gasteiger partial charge in [0.05, 0.1) is 12.2 Å². The number of rotatable bonds is 3. The summed E-state index contributed by atoms with van der Waals surface area (Å²) in [5, 5.41) is 6.29. The third kappa shape index (κ3) is 2.74. The number of hydrogen-bond acceptors (Lipinski definition) is 2. The van der Waals surface area contributed by atoms with Crippen molar-refractivity contribution in [3.63, 3.8) is 0 Å². The molecule has 0 aromatic carbocycles. The van der Waals surface area contributed by atoms with Crippen molar-refractivity contribution in [2.45, 2.75) is 46.0 Å². The second-order valence-electron chi connectivity index (χ2n) is 7.88. The summed E-state index contributed by atoms with van der Waals surface area (Å²) in [5.74, 6) is 0.928. The molecular formula is C22H27N3O. The van der Waals surface area contributed by atoms with Crippen LogP contribution in [0.5, 0.6) is 0 Å². The third-order valence-corrected chi connectivity index (χ3v) is 6.11. The lowest BCUT2D eigenvalue weighted by molar-refractivity contribution is 0.0952. The number of amides is 1. The van der Waals surface area contributed by atoms with E-state index in [-0.39, 0.29) is 11.3 Å². The molecule has 0 fully saturated rings. The van der Waals surface area contributed by atoms with E-state index in [9.17, 15) is 4.79 Å². The smallest absolute Gasteiger partial charge is 0.257 e. The Morgan fingerprint density at radius 1 is 1.27 bits per heavy atom. The second kappa shape index (κ2) is 6.35. The van der Waals surface area contributed by atoms with Gasteiger partial charge >= 0.3 is 0 Å². The number of nitrogens with zero attached hydrogens (tertiary/aromatic N) is 1. The lowest BCUT2D eigenvalue weighted by atomic mass is 9.71. The molecule has 4 rings (SSSR count). The standard InChI is InChI=1S/C22H27N3O/c1-15(2)22(3)11-9-16(10-12-22)18-13-25(17-7-5-4-6-8-17)20-19(18)21(26)24-14-23-20/h5,7-9,13,23H,1,4,6,10-12,14H2,2-3H3,(H,24,26). The molecule has 2 heterocycles. The van der Waals surface area contributed by atoms with Crippen molar-refractivity contribution in [2.24, 2.45) is 5.41 Å². The number of hydrogen-bond donors (Lipinski definition) is 2. The number of carbonyl (C=O) groups excluding carboxylic acids is 1. The van der Waals surface area contributed by atoms with Crippen LogP contribution in [0.1, 0.15) is 61.9 Å². The Hall–Kier alpha value is -2.49. The maximum atomic E-state index is 12.6. The summed E-state index contributed by atoms with van der Waals surface area (Å²) in [4.78, 5) is 12.6. The molecule has 2 N–H and O–H groups in total. The van der Waals surface area contributed by atoms with Gasteiger partial charge in [0.2, 0.25) is 0 Å². The van der Waals surface area contributed by atoms with Crippen LogP contribution in [0.25, 0.3) is 11.3 Å². The fourth-order valence-electron chi connectivity index (χ4n) is 4.03.